The molecule has 2 heterocycles. The predicted octanol–water partition coefficient (Wildman–Crippen LogP) is 3.90. The third-order valence-electron chi connectivity index (χ3n) is 6.00. The van der Waals surface area contributed by atoms with E-state index in [1.165, 1.54) is 12.8 Å². The molecule has 0 radical (unpaired) electrons. The number of benzene rings is 1. The molecule has 2 aromatic heterocycles. The van der Waals surface area contributed by atoms with Crippen LogP contribution >= 0.6 is 0 Å². The lowest BCUT2D eigenvalue weighted by molar-refractivity contribution is 0.0901. The number of rotatable bonds is 5. The van der Waals surface area contributed by atoms with Crippen molar-refractivity contribution >= 4 is 16.8 Å². The number of para-hydroxylation sites is 1. The lowest BCUT2D eigenvalue weighted by atomic mass is 9.95. The summed E-state index contributed by atoms with van der Waals surface area (Å²) in [6.07, 6.45) is 8.18. The summed E-state index contributed by atoms with van der Waals surface area (Å²) in [6.45, 7) is 0.667. The van der Waals surface area contributed by atoms with Crippen molar-refractivity contribution in [3.8, 4) is 11.3 Å². The molecule has 0 aliphatic heterocycles. The van der Waals surface area contributed by atoms with Crippen LogP contribution in [0.15, 0.2) is 54.9 Å². The van der Waals surface area contributed by atoms with E-state index in [1.807, 2.05) is 42.5 Å². The number of amides is 1. The Hall–Kier alpha value is -2.79. The Balaban J connectivity index is 1.68. The van der Waals surface area contributed by atoms with Crippen molar-refractivity contribution in [3.05, 3.63) is 60.4 Å². The van der Waals surface area contributed by atoms with Crippen LogP contribution in [0.4, 0.5) is 0 Å². The molecule has 5 nitrogen and oxygen atoms in total. The van der Waals surface area contributed by atoms with Crippen LogP contribution in [0.25, 0.3) is 22.2 Å². The van der Waals surface area contributed by atoms with E-state index in [-0.39, 0.29) is 11.4 Å². The van der Waals surface area contributed by atoms with Gasteiger partial charge in [0.15, 0.2) is 0 Å². The van der Waals surface area contributed by atoms with Gasteiger partial charge in [-0.2, -0.15) is 0 Å². The van der Waals surface area contributed by atoms with Crippen molar-refractivity contribution in [2.24, 2.45) is 0 Å². The van der Waals surface area contributed by atoms with Crippen LogP contribution in [0.1, 0.15) is 36.0 Å². The molecule has 4 rings (SSSR count). The van der Waals surface area contributed by atoms with Crippen molar-refractivity contribution in [2.75, 3.05) is 20.6 Å². The molecule has 0 spiro atoms. The number of likely N-dealkylation sites (N-methyl/N-ethyl adjacent to an activating group) is 1. The second-order valence-electron chi connectivity index (χ2n) is 7.82. The van der Waals surface area contributed by atoms with Crippen LogP contribution < -0.4 is 5.32 Å². The molecular formula is C23H26N4O. The molecule has 1 aromatic carbocycles. The molecule has 1 aliphatic rings. The van der Waals surface area contributed by atoms with Gasteiger partial charge in [0.1, 0.15) is 0 Å². The van der Waals surface area contributed by atoms with Crippen molar-refractivity contribution < 1.29 is 4.79 Å². The van der Waals surface area contributed by atoms with E-state index in [0.29, 0.717) is 12.1 Å². The number of hydrogen-bond acceptors (Lipinski definition) is 4. The summed E-state index contributed by atoms with van der Waals surface area (Å²) >= 11 is 0. The first kappa shape index (κ1) is 18.6. The zero-order valence-electron chi connectivity index (χ0n) is 16.5. The normalized spacial score (nSPS) is 15.8. The number of carbonyl (C=O) groups excluding carboxylic acids is 1. The minimum atomic E-state index is -0.0398. The summed E-state index contributed by atoms with van der Waals surface area (Å²) in [5.41, 5.74) is 3.30. The molecule has 0 atom stereocenters. The molecule has 0 bridgehead atoms. The van der Waals surface area contributed by atoms with E-state index in [0.717, 1.165) is 35.0 Å². The summed E-state index contributed by atoms with van der Waals surface area (Å²) in [7, 11) is 4.22. The van der Waals surface area contributed by atoms with Gasteiger partial charge in [0.25, 0.3) is 5.91 Å². The first-order valence-electron chi connectivity index (χ1n) is 9.85. The van der Waals surface area contributed by atoms with Crippen molar-refractivity contribution in [1.29, 1.82) is 0 Å². The Labute approximate surface area is 165 Å². The first-order valence-corrected chi connectivity index (χ1v) is 9.85. The Morgan fingerprint density at radius 2 is 1.82 bits per heavy atom. The van der Waals surface area contributed by atoms with Gasteiger partial charge in [-0.1, -0.05) is 31.0 Å². The van der Waals surface area contributed by atoms with Gasteiger partial charge in [-0.3, -0.25) is 9.78 Å². The maximum atomic E-state index is 13.2. The first-order chi connectivity index (χ1) is 13.6. The largest absolute Gasteiger partial charge is 0.350 e. The highest BCUT2D eigenvalue weighted by atomic mass is 16.1. The SMILES string of the molecule is CN(C)C1(CNC(=O)c2cc(-c3ccncc3)nc3ccccc23)CCCC1. The molecule has 1 aliphatic carbocycles. The third kappa shape index (κ3) is 3.50. The quantitative estimate of drug-likeness (QED) is 0.736. The zero-order valence-corrected chi connectivity index (χ0v) is 16.5. The lowest BCUT2D eigenvalue weighted by Crippen LogP contribution is -2.50. The van der Waals surface area contributed by atoms with E-state index in [9.17, 15) is 4.79 Å². The van der Waals surface area contributed by atoms with Crippen LogP contribution in [-0.2, 0) is 0 Å². The van der Waals surface area contributed by atoms with Gasteiger partial charge in [0.2, 0.25) is 0 Å². The van der Waals surface area contributed by atoms with Gasteiger partial charge in [-0.25, -0.2) is 4.98 Å². The van der Waals surface area contributed by atoms with Crippen LogP contribution in [0.3, 0.4) is 0 Å². The van der Waals surface area contributed by atoms with Crippen LogP contribution in [0.5, 0.6) is 0 Å². The molecule has 1 saturated carbocycles. The summed E-state index contributed by atoms with van der Waals surface area (Å²) < 4.78 is 0. The molecule has 144 valence electrons. The summed E-state index contributed by atoms with van der Waals surface area (Å²) in [5, 5.41) is 4.09. The van der Waals surface area contributed by atoms with Gasteiger partial charge in [0.05, 0.1) is 16.8 Å². The average Bonchev–Trinajstić information content (AvgIpc) is 3.22. The highest BCUT2D eigenvalue weighted by Crippen LogP contribution is 2.33. The van der Waals surface area contributed by atoms with Crippen molar-refractivity contribution in [2.45, 2.75) is 31.2 Å². The molecule has 28 heavy (non-hydrogen) atoms. The van der Waals surface area contributed by atoms with E-state index in [1.54, 1.807) is 12.4 Å². The van der Waals surface area contributed by atoms with Crippen LogP contribution in [0, 0.1) is 0 Å². The number of fused-ring (bicyclic) bond motifs is 1. The minimum absolute atomic E-state index is 0.0398. The minimum Gasteiger partial charge on any atom is -0.350 e. The maximum Gasteiger partial charge on any atom is 0.252 e. The Morgan fingerprint density at radius 3 is 2.54 bits per heavy atom. The van der Waals surface area contributed by atoms with E-state index in [4.69, 9.17) is 4.98 Å². The van der Waals surface area contributed by atoms with E-state index in [2.05, 4.69) is 29.3 Å². The van der Waals surface area contributed by atoms with Gasteiger partial charge < -0.3 is 10.2 Å². The molecule has 5 heteroatoms. The Kier molecular flexibility index (Phi) is 5.09. The van der Waals surface area contributed by atoms with Gasteiger partial charge in [-0.05, 0) is 51.2 Å². The molecule has 1 N–H and O–H groups in total. The zero-order chi connectivity index (χ0) is 19.6. The number of aromatic nitrogens is 2. The number of hydrogen-bond donors (Lipinski definition) is 1. The van der Waals surface area contributed by atoms with Crippen molar-refractivity contribution in [3.63, 3.8) is 0 Å². The number of pyridine rings is 2. The fourth-order valence-corrected chi connectivity index (χ4v) is 4.19. The highest BCUT2D eigenvalue weighted by molar-refractivity contribution is 6.07. The molecule has 0 unspecified atom stereocenters. The number of nitrogens with zero attached hydrogens (tertiary/aromatic N) is 3. The van der Waals surface area contributed by atoms with Crippen LogP contribution in [-0.4, -0.2) is 47.0 Å². The fourth-order valence-electron chi connectivity index (χ4n) is 4.19. The smallest absolute Gasteiger partial charge is 0.252 e. The molecular weight excluding hydrogens is 348 g/mol. The lowest BCUT2D eigenvalue weighted by Gasteiger charge is -2.36. The Bertz CT molecular complexity index is 978. The second-order valence-corrected chi connectivity index (χ2v) is 7.82. The topological polar surface area (TPSA) is 58.1 Å². The molecule has 0 saturated heterocycles. The second kappa shape index (κ2) is 7.68. The average molecular weight is 374 g/mol. The monoisotopic (exact) mass is 374 g/mol. The maximum absolute atomic E-state index is 13.2. The number of nitrogens with one attached hydrogen (secondary N) is 1. The summed E-state index contributed by atoms with van der Waals surface area (Å²) in [5.74, 6) is -0.0398. The summed E-state index contributed by atoms with van der Waals surface area (Å²) in [4.78, 5) is 24.3. The molecule has 3 aromatic rings. The molecule has 1 amide bonds. The predicted molar refractivity (Wildman–Crippen MR) is 112 cm³/mol. The van der Waals surface area contributed by atoms with Crippen LogP contribution in [0.2, 0.25) is 0 Å². The van der Waals surface area contributed by atoms with Gasteiger partial charge >= 0.3 is 0 Å². The standard InChI is InChI=1S/C23H26N4O/c1-27(2)23(11-5-6-12-23)16-25-22(28)19-15-21(17-9-13-24-14-10-17)26-20-8-4-3-7-18(19)20/h3-4,7-10,13-15H,5-6,11-12,16H2,1-2H3,(H,25,28). The van der Waals surface area contributed by atoms with Gasteiger partial charge in [-0.15, -0.1) is 0 Å². The molecule has 1 fully saturated rings. The Morgan fingerprint density at radius 1 is 1.11 bits per heavy atom. The van der Waals surface area contributed by atoms with Crippen molar-refractivity contribution in [1.82, 2.24) is 20.2 Å². The highest BCUT2D eigenvalue weighted by Gasteiger charge is 2.36. The van der Waals surface area contributed by atoms with E-state index < -0.39 is 0 Å². The third-order valence-corrected chi connectivity index (χ3v) is 6.00. The number of carbonyl (C=O) groups is 1. The summed E-state index contributed by atoms with van der Waals surface area (Å²) in [6, 6.07) is 13.5. The fraction of sp³-hybridized carbons (Fsp3) is 0.348. The van der Waals surface area contributed by atoms with E-state index >= 15 is 0 Å². The van der Waals surface area contributed by atoms with Gasteiger partial charge in [0, 0.05) is 35.4 Å².